The number of aromatic amines is 1. The number of benzene rings is 2. The zero-order valence-electron chi connectivity index (χ0n) is 12.4. The van der Waals surface area contributed by atoms with E-state index in [1.165, 1.54) is 0 Å². The lowest BCUT2D eigenvalue weighted by Gasteiger charge is -2.07. The molecule has 4 aromatic rings. The van der Waals surface area contributed by atoms with Crippen molar-refractivity contribution in [1.82, 2.24) is 19.5 Å². The third-order valence-corrected chi connectivity index (χ3v) is 4.36. The van der Waals surface area contributed by atoms with Crippen LogP contribution in [-0.2, 0) is 6.54 Å². The largest absolute Gasteiger partial charge is 0.321 e. The van der Waals surface area contributed by atoms with Gasteiger partial charge in [-0.2, -0.15) is 0 Å². The summed E-state index contributed by atoms with van der Waals surface area (Å²) in [5, 5.41) is 0.579. The molecule has 2 aromatic heterocycles. The molecule has 0 saturated heterocycles. The van der Waals surface area contributed by atoms with Crippen molar-refractivity contribution >= 4 is 37.9 Å². The fourth-order valence-electron chi connectivity index (χ4n) is 2.78. The standard InChI is InChI=1S/C17H13BrN4O/c1-10-19-14-4-2-3-5-15(14)22(10)9-16-20-13-7-6-11(18)8-12(13)17(23)21-16/h2-8H,9H2,1H3,(H,20,21,23). The highest BCUT2D eigenvalue weighted by Crippen LogP contribution is 2.18. The van der Waals surface area contributed by atoms with E-state index in [-0.39, 0.29) is 5.56 Å². The first kappa shape index (κ1) is 14.1. The molecular weight excluding hydrogens is 356 g/mol. The van der Waals surface area contributed by atoms with Crippen LogP contribution >= 0.6 is 15.9 Å². The number of hydrogen-bond acceptors (Lipinski definition) is 3. The summed E-state index contributed by atoms with van der Waals surface area (Å²) < 4.78 is 2.92. The number of aromatic nitrogens is 4. The maximum absolute atomic E-state index is 12.3. The Hall–Kier alpha value is -2.47. The van der Waals surface area contributed by atoms with Gasteiger partial charge < -0.3 is 9.55 Å². The normalized spacial score (nSPS) is 11.4. The summed E-state index contributed by atoms with van der Waals surface area (Å²) in [7, 11) is 0. The second-order valence-corrected chi connectivity index (χ2v) is 6.32. The highest BCUT2D eigenvalue weighted by molar-refractivity contribution is 9.10. The fraction of sp³-hybridized carbons (Fsp3) is 0.118. The Morgan fingerprint density at radius 3 is 2.83 bits per heavy atom. The van der Waals surface area contributed by atoms with Crippen molar-refractivity contribution in [3.63, 3.8) is 0 Å². The molecule has 0 atom stereocenters. The first-order valence-corrected chi connectivity index (χ1v) is 8.01. The van der Waals surface area contributed by atoms with Crippen LogP contribution in [0.3, 0.4) is 0 Å². The summed E-state index contributed by atoms with van der Waals surface area (Å²) in [5.41, 5.74) is 2.53. The Bertz CT molecular complexity index is 1100. The van der Waals surface area contributed by atoms with Crippen molar-refractivity contribution in [2.45, 2.75) is 13.5 Å². The number of nitrogens with one attached hydrogen (secondary N) is 1. The first-order valence-electron chi connectivity index (χ1n) is 7.22. The van der Waals surface area contributed by atoms with E-state index in [2.05, 4.69) is 35.4 Å². The van der Waals surface area contributed by atoms with Crippen molar-refractivity contribution in [2.75, 3.05) is 0 Å². The molecule has 0 aliphatic rings. The molecule has 0 aliphatic carbocycles. The predicted octanol–water partition coefficient (Wildman–Crippen LogP) is 3.39. The molecule has 2 aromatic carbocycles. The number of aryl methyl sites for hydroxylation is 1. The van der Waals surface area contributed by atoms with Crippen LogP contribution in [0, 0.1) is 6.92 Å². The van der Waals surface area contributed by atoms with Crippen LogP contribution < -0.4 is 5.56 Å². The Kier molecular flexibility index (Phi) is 3.27. The average molecular weight is 369 g/mol. The molecule has 0 aliphatic heterocycles. The quantitative estimate of drug-likeness (QED) is 0.589. The number of imidazole rings is 1. The van der Waals surface area contributed by atoms with Crippen LogP contribution in [0.5, 0.6) is 0 Å². The number of nitrogens with zero attached hydrogens (tertiary/aromatic N) is 3. The van der Waals surface area contributed by atoms with E-state index in [1.807, 2.05) is 43.3 Å². The molecule has 0 bridgehead atoms. The lowest BCUT2D eigenvalue weighted by molar-refractivity contribution is 0.738. The highest BCUT2D eigenvalue weighted by Gasteiger charge is 2.10. The summed E-state index contributed by atoms with van der Waals surface area (Å²) in [6, 6.07) is 13.5. The van der Waals surface area contributed by atoms with E-state index in [9.17, 15) is 4.79 Å². The van der Waals surface area contributed by atoms with Crippen LogP contribution in [0.25, 0.3) is 21.9 Å². The molecule has 2 heterocycles. The number of rotatable bonds is 2. The topological polar surface area (TPSA) is 63.6 Å². The number of hydrogen-bond donors (Lipinski definition) is 1. The van der Waals surface area contributed by atoms with E-state index in [0.29, 0.717) is 23.3 Å². The minimum atomic E-state index is -0.131. The molecule has 6 heteroatoms. The van der Waals surface area contributed by atoms with Gasteiger partial charge in [-0.3, -0.25) is 4.79 Å². The van der Waals surface area contributed by atoms with Crippen LogP contribution in [0.2, 0.25) is 0 Å². The fourth-order valence-corrected chi connectivity index (χ4v) is 3.14. The zero-order chi connectivity index (χ0) is 16.0. The number of H-pyrrole nitrogens is 1. The van der Waals surface area contributed by atoms with Gasteiger partial charge in [-0.25, -0.2) is 9.97 Å². The Morgan fingerprint density at radius 2 is 1.96 bits per heavy atom. The van der Waals surface area contributed by atoms with Gasteiger partial charge in [0.2, 0.25) is 0 Å². The molecule has 5 nitrogen and oxygen atoms in total. The smallest absolute Gasteiger partial charge is 0.258 e. The molecule has 0 spiro atoms. The lowest BCUT2D eigenvalue weighted by Crippen LogP contribution is -2.15. The maximum Gasteiger partial charge on any atom is 0.258 e. The van der Waals surface area contributed by atoms with Gasteiger partial charge in [0.15, 0.2) is 0 Å². The van der Waals surface area contributed by atoms with Gasteiger partial charge in [0, 0.05) is 4.47 Å². The summed E-state index contributed by atoms with van der Waals surface area (Å²) in [6.07, 6.45) is 0. The second-order valence-electron chi connectivity index (χ2n) is 5.41. The van der Waals surface area contributed by atoms with Crippen molar-refractivity contribution in [3.8, 4) is 0 Å². The molecule has 4 rings (SSSR count). The minimum Gasteiger partial charge on any atom is -0.321 e. The molecule has 0 radical (unpaired) electrons. The van der Waals surface area contributed by atoms with Crippen molar-refractivity contribution < 1.29 is 0 Å². The molecule has 23 heavy (non-hydrogen) atoms. The van der Waals surface area contributed by atoms with E-state index in [0.717, 1.165) is 21.3 Å². The van der Waals surface area contributed by atoms with E-state index in [4.69, 9.17) is 0 Å². The molecule has 114 valence electrons. The monoisotopic (exact) mass is 368 g/mol. The number of para-hydroxylation sites is 2. The van der Waals surface area contributed by atoms with Gasteiger partial charge in [0.05, 0.1) is 28.5 Å². The summed E-state index contributed by atoms with van der Waals surface area (Å²) in [6.45, 7) is 2.43. The van der Waals surface area contributed by atoms with Crippen molar-refractivity contribution in [3.05, 3.63) is 68.9 Å². The molecule has 0 amide bonds. The van der Waals surface area contributed by atoms with Crippen LogP contribution in [0.4, 0.5) is 0 Å². The predicted molar refractivity (Wildman–Crippen MR) is 93.6 cm³/mol. The van der Waals surface area contributed by atoms with Crippen molar-refractivity contribution in [2.24, 2.45) is 0 Å². The zero-order valence-corrected chi connectivity index (χ0v) is 14.0. The summed E-state index contributed by atoms with van der Waals surface area (Å²) in [5.74, 6) is 1.51. The summed E-state index contributed by atoms with van der Waals surface area (Å²) >= 11 is 3.38. The third-order valence-electron chi connectivity index (χ3n) is 3.87. The minimum absolute atomic E-state index is 0.131. The summed E-state index contributed by atoms with van der Waals surface area (Å²) in [4.78, 5) is 24.3. The van der Waals surface area contributed by atoms with Crippen molar-refractivity contribution in [1.29, 1.82) is 0 Å². The van der Waals surface area contributed by atoms with Gasteiger partial charge in [-0.15, -0.1) is 0 Å². The van der Waals surface area contributed by atoms with Gasteiger partial charge in [-0.1, -0.05) is 28.1 Å². The van der Waals surface area contributed by atoms with E-state index < -0.39 is 0 Å². The van der Waals surface area contributed by atoms with E-state index in [1.54, 1.807) is 6.07 Å². The third kappa shape index (κ3) is 2.45. The maximum atomic E-state index is 12.3. The molecule has 0 saturated carbocycles. The number of halogens is 1. The van der Waals surface area contributed by atoms with Gasteiger partial charge >= 0.3 is 0 Å². The molecule has 0 fully saturated rings. The Morgan fingerprint density at radius 1 is 1.13 bits per heavy atom. The number of fused-ring (bicyclic) bond motifs is 2. The average Bonchev–Trinajstić information content (AvgIpc) is 2.84. The van der Waals surface area contributed by atoms with E-state index >= 15 is 0 Å². The molecular formula is C17H13BrN4O. The van der Waals surface area contributed by atoms with Gasteiger partial charge in [0.25, 0.3) is 5.56 Å². The van der Waals surface area contributed by atoms with Gasteiger partial charge in [-0.05, 0) is 37.3 Å². The first-order chi connectivity index (χ1) is 11.1. The van der Waals surface area contributed by atoms with Crippen LogP contribution in [0.15, 0.2) is 51.7 Å². The van der Waals surface area contributed by atoms with Crippen LogP contribution in [0.1, 0.15) is 11.6 Å². The Balaban J connectivity index is 1.85. The molecule has 0 unspecified atom stereocenters. The van der Waals surface area contributed by atoms with Crippen LogP contribution in [-0.4, -0.2) is 19.5 Å². The SMILES string of the molecule is Cc1nc2ccccc2n1Cc1nc2ccc(Br)cc2c(=O)[nH]1. The molecule has 1 N–H and O–H groups in total. The Labute approximate surface area is 140 Å². The lowest BCUT2D eigenvalue weighted by atomic mass is 10.2. The van der Waals surface area contributed by atoms with Gasteiger partial charge in [0.1, 0.15) is 11.6 Å². The highest BCUT2D eigenvalue weighted by atomic mass is 79.9. The second kappa shape index (κ2) is 5.31.